The summed E-state index contributed by atoms with van der Waals surface area (Å²) in [6, 6.07) is 14.8. The van der Waals surface area contributed by atoms with E-state index < -0.39 is 0 Å². The molecule has 0 spiro atoms. The van der Waals surface area contributed by atoms with Crippen LogP contribution >= 0.6 is 0 Å². The molecule has 2 aromatic rings. The van der Waals surface area contributed by atoms with Crippen molar-refractivity contribution in [1.29, 1.82) is 0 Å². The lowest BCUT2D eigenvalue weighted by molar-refractivity contribution is 0.242. The summed E-state index contributed by atoms with van der Waals surface area (Å²) in [7, 11) is 3.33. The molecule has 0 heterocycles. The fraction of sp³-hybridized carbons (Fsp3) is 0.538. The van der Waals surface area contributed by atoms with Gasteiger partial charge in [-0.2, -0.15) is 0 Å². The van der Waals surface area contributed by atoms with Crippen LogP contribution in [0.5, 0.6) is 17.2 Å². The molecule has 1 atom stereocenters. The van der Waals surface area contributed by atoms with Crippen LogP contribution in [0.2, 0.25) is 0 Å². The van der Waals surface area contributed by atoms with Crippen molar-refractivity contribution in [2.75, 3.05) is 20.8 Å². The lowest BCUT2D eigenvalue weighted by Crippen LogP contribution is -2.17. The van der Waals surface area contributed by atoms with Crippen molar-refractivity contribution in [2.24, 2.45) is 5.92 Å². The fourth-order valence-electron chi connectivity index (χ4n) is 3.60. The highest BCUT2D eigenvalue weighted by Crippen LogP contribution is 2.29. The van der Waals surface area contributed by atoms with Crippen molar-refractivity contribution in [3.63, 3.8) is 0 Å². The molecule has 0 amide bonds. The summed E-state index contributed by atoms with van der Waals surface area (Å²) < 4.78 is 16.5. The van der Waals surface area contributed by atoms with Crippen LogP contribution < -0.4 is 19.5 Å². The largest absolute Gasteiger partial charge is 0.493 e. The number of nitrogens with one attached hydrogen (secondary N) is 1. The van der Waals surface area contributed by atoms with Gasteiger partial charge in [0.15, 0.2) is 11.5 Å². The molecule has 4 nitrogen and oxygen atoms in total. The quantitative estimate of drug-likeness (QED) is 0.397. The van der Waals surface area contributed by atoms with E-state index >= 15 is 0 Å². The van der Waals surface area contributed by atoms with Crippen molar-refractivity contribution in [2.45, 2.75) is 65.5 Å². The first kappa shape index (κ1) is 24.1. The van der Waals surface area contributed by atoms with Gasteiger partial charge in [0.25, 0.3) is 0 Å². The van der Waals surface area contributed by atoms with E-state index in [1.807, 2.05) is 12.1 Å². The molecular formula is C26H39NO3. The molecular weight excluding hydrogens is 374 g/mol. The first-order valence-electron chi connectivity index (χ1n) is 11.1. The van der Waals surface area contributed by atoms with Crippen LogP contribution in [0.25, 0.3) is 0 Å². The van der Waals surface area contributed by atoms with Crippen molar-refractivity contribution in [1.82, 2.24) is 5.32 Å². The average molecular weight is 414 g/mol. The average Bonchev–Trinajstić information content (AvgIpc) is 2.73. The summed E-state index contributed by atoms with van der Waals surface area (Å²) in [6.45, 7) is 10.5. The highest BCUT2D eigenvalue weighted by molar-refractivity contribution is 5.42. The molecule has 0 bridgehead atoms. The normalized spacial score (nSPS) is 12.3. The van der Waals surface area contributed by atoms with E-state index in [1.54, 1.807) is 14.2 Å². The van der Waals surface area contributed by atoms with Gasteiger partial charge in [-0.1, -0.05) is 38.5 Å². The third kappa shape index (κ3) is 7.91. The number of hydrogen-bond donors (Lipinski definition) is 1. The molecule has 30 heavy (non-hydrogen) atoms. The predicted octanol–water partition coefficient (Wildman–Crippen LogP) is 6.19. The van der Waals surface area contributed by atoms with Crippen LogP contribution in [0.3, 0.4) is 0 Å². The van der Waals surface area contributed by atoms with E-state index in [4.69, 9.17) is 14.2 Å². The topological polar surface area (TPSA) is 39.7 Å². The summed E-state index contributed by atoms with van der Waals surface area (Å²) in [4.78, 5) is 0. The molecule has 1 N–H and O–H groups in total. The second-order valence-electron chi connectivity index (χ2n) is 8.56. The molecule has 0 radical (unpaired) electrons. The zero-order valence-corrected chi connectivity index (χ0v) is 19.5. The molecule has 2 aromatic carbocycles. The summed E-state index contributed by atoms with van der Waals surface area (Å²) in [6.07, 6.45) is 3.77. The maximum absolute atomic E-state index is 5.80. The van der Waals surface area contributed by atoms with Crippen LogP contribution in [-0.4, -0.2) is 26.9 Å². The van der Waals surface area contributed by atoms with Crippen LogP contribution in [0.4, 0.5) is 0 Å². The number of rotatable bonds is 13. The van der Waals surface area contributed by atoms with Crippen molar-refractivity contribution in [3.8, 4) is 17.2 Å². The molecule has 1 unspecified atom stereocenters. The van der Waals surface area contributed by atoms with Crippen molar-refractivity contribution in [3.05, 3.63) is 53.6 Å². The van der Waals surface area contributed by atoms with E-state index in [-0.39, 0.29) is 6.10 Å². The molecule has 166 valence electrons. The Morgan fingerprint density at radius 3 is 2.10 bits per heavy atom. The highest BCUT2D eigenvalue weighted by atomic mass is 16.5. The van der Waals surface area contributed by atoms with Crippen LogP contribution in [0, 0.1) is 5.92 Å². The SMILES string of the molecule is COc1ccc(CNCCC(CCC(C)C)c2ccc(OC(C)C)cc2)cc1OC. The molecule has 0 saturated carbocycles. The second-order valence-corrected chi connectivity index (χ2v) is 8.56. The van der Waals surface area contributed by atoms with Gasteiger partial charge < -0.3 is 19.5 Å². The third-order valence-electron chi connectivity index (χ3n) is 5.26. The van der Waals surface area contributed by atoms with Gasteiger partial charge in [0.1, 0.15) is 5.75 Å². The summed E-state index contributed by atoms with van der Waals surface area (Å²) in [5.74, 6) is 3.76. The van der Waals surface area contributed by atoms with Gasteiger partial charge in [0.2, 0.25) is 0 Å². The summed E-state index contributed by atoms with van der Waals surface area (Å²) in [5.41, 5.74) is 2.60. The summed E-state index contributed by atoms with van der Waals surface area (Å²) >= 11 is 0. The first-order valence-corrected chi connectivity index (χ1v) is 11.1. The predicted molar refractivity (Wildman–Crippen MR) is 125 cm³/mol. The number of hydrogen-bond acceptors (Lipinski definition) is 4. The first-order chi connectivity index (χ1) is 14.4. The van der Waals surface area contributed by atoms with Gasteiger partial charge >= 0.3 is 0 Å². The van der Waals surface area contributed by atoms with E-state index in [2.05, 4.69) is 63.3 Å². The minimum atomic E-state index is 0.202. The summed E-state index contributed by atoms with van der Waals surface area (Å²) in [5, 5.41) is 3.59. The minimum absolute atomic E-state index is 0.202. The molecule has 0 fully saturated rings. The maximum atomic E-state index is 5.80. The van der Waals surface area contributed by atoms with Crippen molar-refractivity contribution >= 4 is 0 Å². The Balaban J connectivity index is 1.93. The number of methoxy groups -OCH3 is 2. The molecule has 0 saturated heterocycles. The lowest BCUT2D eigenvalue weighted by atomic mass is 9.88. The Labute approximate surface area is 182 Å². The molecule has 0 aromatic heterocycles. The Morgan fingerprint density at radius 1 is 0.800 bits per heavy atom. The van der Waals surface area contributed by atoms with E-state index in [1.165, 1.54) is 24.0 Å². The van der Waals surface area contributed by atoms with Gasteiger partial charge in [0.05, 0.1) is 20.3 Å². The Kier molecular flexibility index (Phi) is 10.0. The third-order valence-corrected chi connectivity index (χ3v) is 5.26. The zero-order valence-electron chi connectivity index (χ0n) is 19.5. The maximum Gasteiger partial charge on any atom is 0.161 e. The van der Waals surface area contributed by atoms with Gasteiger partial charge in [-0.05, 0) is 80.5 Å². The monoisotopic (exact) mass is 413 g/mol. The molecule has 0 aliphatic carbocycles. The van der Waals surface area contributed by atoms with E-state index in [0.717, 1.165) is 42.7 Å². The Bertz CT molecular complexity index is 740. The minimum Gasteiger partial charge on any atom is -0.493 e. The van der Waals surface area contributed by atoms with Crippen LogP contribution in [0.15, 0.2) is 42.5 Å². The lowest BCUT2D eigenvalue weighted by Gasteiger charge is -2.20. The molecule has 4 heteroatoms. The van der Waals surface area contributed by atoms with Crippen LogP contribution in [0.1, 0.15) is 64.0 Å². The van der Waals surface area contributed by atoms with Gasteiger partial charge in [-0.15, -0.1) is 0 Å². The van der Waals surface area contributed by atoms with Crippen LogP contribution in [-0.2, 0) is 6.54 Å². The van der Waals surface area contributed by atoms with Gasteiger partial charge in [-0.25, -0.2) is 0 Å². The number of ether oxygens (including phenoxy) is 3. The molecule has 0 aliphatic heterocycles. The Hall–Kier alpha value is -2.20. The smallest absolute Gasteiger partial charge is 0.161 e. The van der Waals surface area contributed by atoms with E-state index in [0.29, 0.717) is 5.92 Å². The standard InChI is InChI=1S/C26H39NO3/c1-19(2)7-9-23(22-10-12-24(13-11-22)30-20(3)4)15-16-27-18-21-8-14-25(28-5)26(17-21)29-6/h8,10-14,17,19-20,23,27H,7,9,15-16,18H2,1-6H3. The zero-order chi connectivity index (χ0) is 21.9. The molecule has 2 rings (SSSR count). The van der Waals surface area contributed by atoms with E-state index in [9.17, 15) is 0 Å². The number of benzene rings is 2. The Morgan fingerprint density at radius 2 is 1.50 bits per heavy atom. The highest BCUT2D eigenvalue weighted by Gasteiger charge is 2.13. The van der Waals surface area contributed by atoms with Gasteiger partial charge in [-0.3, -0.25) is 0 Å². The second kappa shape index (κ2) is 12.5. The molecule has 0 aliphatic rings. The van der Waals surface area contributed by atoms with Gasteiger partial charge in [0, 0.05) is 6.54 Å². The van der Waals surface area contributed by atoms with Crippen molar-refractivity contribution < 1.29 is 14.2 Å². The fourth-order valence-corrected chi connectivity index (χ4v) is 3.60.